The Morgan fingerprint density at radius 3 is 1.76 bits per heavy atom. The molecule has 17 heavy (non-hydrogen) atoms. The highest BCUT2D eigenvalue weighted by atomic mass is 14.8. The van der Waals surface area contributed by atoms with E-state index in [1.165, 1.54) is 22.3 Å². The fraction of sp³-hybridized carbons (Fsp3) is 0.250. The van der Waals surface area contributed by atoms with Crippen LogP contribution < -0.4 is 5.73 Å². The summed E-state index contributed by atoms with van der Waals surface area (Å²) in [5.41, 5.74) is 12.1. The van der Waals surface area contributed by atoms with Gasteiger partial charge in [-0.2, -0.15) is 0 Å². The lowest BCUT2D eigenvalue weighted by atomic mass is 9.88. The van der Waals surface area contributed by atoms with Crippen LogP contribution in [0, 0.1) is 0 Å². The molecule has 1 heteroatoms. The zero-order valence-corrected chi connectivity index (χ0v) is 9.69. The van der Waals surface area contributed by atoms with E-state index < -0.39 is 0 Å². The molecule has 0 unspecified atom stereocenters. The number of nitrogens with two attached hydrogens (primary N) is 1. The van der Waals surface area contributed by atoms with Crippen molar-refractivity contribution in [2.24, 2.45) is 5.73 Å². The Labute approximate surface area is 101 Å². The number of benzene rings is 2. The van der Waals surface area contributed by atoms with Gasteiger partial charge in [0.2, 0.25) is 0 Å². The van der Waals surface area contributed by atoms with Crippen molar-refractivity contribution in [3.8, 4) is 11.1 Å². The number of hydrogen-bond acceptors (Lipinski definition) is 1. The summed E-state index contributed by atoms with van der Waals surface area (Å²) in [4.78, 5) is 0. The zero-order chi connectivity index (χ0) is 11.5. The van der Waals surface area contributed by atoms with Crippen LogP contribution in [0.25, 0.3) is 11.1 Å². The molecule has 0 spiro atoms. The van der Waals surface area contributed by atoms with Crippen LogP contribution in [-0.4, -0.2) is 5.54 Å². The minimum atomic E-state index is 0.0166. The van der Waals surface area contributed by atoms with Gasteiger partial charge >= 0.3 is 0 Å². The van der Waals surface area contributed by atoms with Crippen LogP contribution in [0.15, 0.2) is 48.5 Å². The molecule has 0 aliphatic heterocycles. The standard InChI is InChI=1S/C16H15N/c17-16(9-10-16)15-13-7-3-1-5-11(13)12-6-2-4-8-14(12)15/h1-8,15H,9-10,17H2. The third-order valence-corrected chi connectivity index (χ3v) is 4.24. The lowest BCUT2D eigenvalue weighted by Crippen LogP contribution is -2.30. The van der Waals surface area contributed by atoms with Crippen molar-refractivity contribution in [3.63, 3.8) is 0 Å². The molecule has 84 valence electrons. The SMILES string of the molecule is NC1(C2c3ccccc3-c3ccccc32)CC1. The molecule has 1 nitrogen and oxygen atoms in total. The fourth-order valence-corrected chi connectivity index (χ4v) is 3.21. The molecule has 4 rings (SSSR count). The van der Waals surface area contributed by atoms with Crippen LogP contribution in [0.4, 0.5) is 0 Å². The molecule has 0 heterocycles. The maximum atomic E-state index is 6.48. The first-order chi connectivity index (χ1) is 8.30. The second-order valence-corrected chi connectivity index (χ2v) is 5.34. The summed E-state index contributed by atoms with van der Waals surface area (Å²) in [6, 6.07) is 17.4. The first-order valence-electron chi connectivity index (χ1n) is 6.27. The molecule has 1 saturated carbocycles. The van der Waals surface area contributed by atoms with Crippen molar-refractivity contribution in [3.05, 3.63) is 59.7 Å². The van der Waals surface area contributed by atoms with Gasteiger partial charge in [-0.05, 0) is 35.1 Å². The lowest BCUT2D eigenvalue weighted by molar-refractivity contribution is 0.597. The summed E-state index contributed by atoms with van der Waals surface area (Å²) in [7, 11) is 0. The molecule has 2 aliphatic carbocycles. The van der Waals surface area contributed by atoms with Crippen LogP contribution in [0.5, 0.6) is 0 Å². The van der Waals surface area contributed by atoms with Gasteiger partial charge < -0.3 is 5.73 Å². The van der Waals surface area contributed by atoms with E-state index in [1.807, 2.05) is 0 Å². The van der Waals surface area contributed by atoms with E-state index in [0.29, 0.717) is 5.92 Å². The van der Waals surface area contributed by atoms with Crippen molar-refractivity contribution >= 4 is 0 Å². The van der Waals surface area contributed by atoms with E-state index in [4.69, 9.17) is 5.73 Å². The first kappa shape index (κ1) is 9.43. The molecule has 2 aliphatic rings. The molecule has 0 bridgehead atoms. The van der Waals surface area contributed by atoms with Gasteiger partial charge in [0.05, 0.1) is 0 Å². The highest BCUT2D eigenvalue weighted by molar-refractivity contribution is 5.79. The van der Waals surface area contributed by atoms with E-state index in [1.54, 1.807) is 0 Å². The van der Waals surface area contributed by atoms with Crippen molar-refractivity contribution in [1.82, 2.24) is 0 Å². The molecule has 0 saturated heterocycles. The molecule has 2 N–H and O–H groups in total. The predicted octanol–water partition coefficient (Wildman–Crippen LogP) is 3.29. The lowest BCUT2D eigenvalue weighted by Gasteiger charge is -2.20. The van der Waals surface area contributed by atoms with E-state index >= 15 is 0 Å². The second-order valence-electron chi connectivity index (χ2n) is 5.34. The van der Waals surface area contributed by atoms with Crippen LogP contribution >= 0.6 is 0 Å². The first-order valence-corrected chi connectivity index (χ1v) is 6.27. The second kappa shape index (κ2) is 2.99. The summed E-state index contributed by atoms with van der Waals surface area (Å²) in [5, 5.41) is 0. The number of hydrogen-bond donors (Lipinski definition) is 1. The maximum absolute atomic E-state index is 6.48. The van der Waals surface area contributed by atoms with Crippen molar-refractivity contribution in [1.29, 1.82) is 0 Å². The van der Waals surface area contributed by atoms with Gasteiger partial charge in [-0.25, -0.2) is 0 Å². The van der Waals surface area contributed by atoms with Crippen LogP contribution in [0.2, 0.25) is 0 Å². The smallest absolute Gasteiger partial charge is 0.0282 e. The summed E-state index contributed by atoms with van der Waals surface area (Å²) in [6.45, 7) is 0. The largest absolute Gasteiger partial charge is 0.324 e. The molecule has 0 atom stereocenters. The van der Waals surface area contributed by atoms with E-state index in [9.17, 15) is 0 Å². The molecule has 2 aromatic rings. The Morgan fingerprint density at radius 2 is 1.29 bits per heavy atom. The molecular formula is C16H15N. The summed E-state index contributed by atoms with van der Waals surface area (Å²) >= 11 is 0. The Morgan fingerprint density at radius 1 is 0.824 bits per heavy atom. The quantitative estimate of drug-likeness (QED) is 0.785. The van der Waals surface area contributed by atoms with Gasteiger partial charge in [-0.15, -0.1) is 0 Å². The molecule has 2 aromatic carbocycles. The molecule has 0 aromatic heterocycles. The Bertz CT molecular complexity index is 550. The summed E-state index contributed by atoms with van der Waals surface area (Å²) < 4.78 is 0. The third-order valence-electron chi connectivity index (χ3n) is 4.24. The maximum Gasteiger partial charge on any atom is 0.0282 e. The highest BCUT2D eigenvalue weighted by Crippen LogP contribution is 2.56. The third kappa shape index (κ3) is 1.18. The van der Waals surface area contributed by atoms with Gasteiger partial charge in [-0.3, -0.25) is 0 Å². The summed E-state index contributed by atoms with van der Waals surface area (Å²) in [6.07, 6.45) is 2.31. The van der Waals surface area contributed by atoms with E-state index in [-0.39, 0.29) is 5.54 Å². The normalized spacial score (nSPS) is 19.8. The molecular weight excluding hydrogens is 206 g/mol. The van der Waals surface area contributed by atoms with Crippen molar-refractivity contribution < 1.29 is 0 Å². The van der Waals surface area contributed by atoms with Crippen LogP contribution in [0.3, 0.4) is 0 Å². The van der Waals surface area contributed by atoms with Gasteiger partial charge in [0.15, 0.2) is 0 Å². The molecule has 0 radical (unpaired) electrons. The van der Waals surface area contributed by atoms with Gasteiger partial charge in [0, 0.05) is 11.5 Å². The van der Waals surface area contributed by atoms with Crippen molar-refractivity contribution in [2.45, 2.75) is 24.3 Å². The molecule has 0 amide bonds. The van der Waals surface area contributed by atoms with E-state index in [2.05, 4.69) is 48.5 Å². The predicted molar refractivity (Wildman–Crippen MR) is 69.9 cm³/mol. The highest BCUT2D eigenvalue weighted by Gasteiger charge is 2.50. The number of rotatable bonds is 1. The van der Waals surface area contributed by atoms with Crippen molar-refractivity contribution in [2.75, 3.05) is 0 Å². The van der Waals surface area contributed by atoms with Gasteiger partial charge in [0.1, 0.15) is 0 Å². The van der Waals surface area contributed by atoms with E-state index in [0.717, 1.165) is 12.8 Å². The molecule has 1 fully saturated rings. The van der Waals surface area contributed by atoms with Gasteiger partial charge in [-0.1, -0.05) is 48.5 Å². The topological polar surface area (TPSA) is 26.0 Å². The Kier molecular flexibility index (Phi) is 1.66. The zero-order valence-electron chi connectivity index (χ0n) is 9.69. The average molecular weight is 221 g/mol. The van der Waals surface area contributed by atoms with Crippen LogP contribution in [-0.2, 0) is 0 Å². The monoisotopic (exact) mass is 221 g/mol. The Balaban J connectivity index is 2.02. The van der Waals surface area contributed by atoms with Gasteiger partial charge in [0.25, 0.3) is 0 Å². The minimum Gasteiger partial charge on any atom is -0.324 e. The fourth-order valence-electron chi connectivity index (χ4n) is 3.21. The summed E-state index contributed by atoms with van der Waals surface area (Å²) in [5.74, 6) is 0.412. The Hall–Kier alpha value is -1.60. The number of fused-ring (bicyclic) bond motifs is 3. The van der Waals surface area contributed by atoms with Crippen LogP contribution in [0.1, 0.15) is 29.9 Å². The minimum absolute atomic E-state index is 0.0166. The average Bonchev–Trinajstić information content (AvgIpc) is 3.01.